The summed E-state index contributed by atoms with van der Waals surface area (Å²) in [4.78, 5) is 15.0. The number of carbonyl (C=O) groups is 1. The lowest BCUT2D eigenvalue weighted by Crippen LogP contribution is -2.50. The maximum absolute atomic E-state index is 12.4. The van der Waals surface area contributed by atoms with E-state index in [4.69, 9.17) is 0 Å². The first kappa shape index (κ1) is 15.6. The van der Waals surface area contributed by atoms with Crippen molar-refractivity contribution < 1.29 is 4.79 Å². The first-order valence-electron chi connectivity index (χ1n) is 8.30. The van der Waals surface area contributed by atoms with E-state index in [2.05, 4.69) is 29.3 Å². The molecule has 3 heteroatoms. The molecule has 2 atom stereocenters. The number of hydrogen-bond donors (Lipinski definition) is 1. The van der Waals surface area contributed by atoms with Crippen LogP contribution in [-0.2, 0) is 4.79 Å². The van der Waals surface area contributed by atoms with Gasteiger partial charge in [0.2, 0.25) is 5.91 Å². The molecule has 0 unspecified atom stereocenters. The van der Waals surface area contributed by atoms with Crippen molar-refractivity contribution >= 4 is 5.91 Å². The van der Waals surface area contributed by atoms with Gasteiger partial charge in [0.15, 0.2) is 0 Å². The molecule has 2 aliphatic rings. The van der Waals surface area contributed by atoms with Crippen LogP contribution in [0.1, 0.15) is 59.3 Å². The first-order chi connectivity index (χ1) is 9.59. The Balaban J connectivity index is 2.05. The topological polar surface area (TPSA) is 32.3 Å². The number of carbonyl (C=O) groups excluding carboxylic acids is 1. The summed E-state index contributed by atoms with van der Waals surface area (Å²) in [7, 11) is 0. The van der Waals surface area contributed by atoms with Crippen molar-refractivity contribution in [3.63, 3.8) is 0 Å². The van der Waals surface area contributed by atoms with Gasteiger partial charge >= 0.3 is 0 Å². The highest BCUT2D eigenvalue weighted by atomic mass is 16.2. The Bertz CT molecular complexity index is 345. The molecule has 0 aromatic rings. The van der Waals surface area contributed by atoms with Crippen molar-refractivity contribution in [2.45, 2.75) is 77.4 Å². The molecule has 114 valence electrons. The molecular formula is C17H30N2O. The van der Waals surface area contributed by atoms with E-state index in [0.717, 1.165) is 13.0 Å². The summed E-state index contributed by atoms with van der Waals surface area (Å²) in [6.07, 6.45) is 12.0. The highest BCUT2D eigenvalue weighted by Gasteiger charge is 2.33. The fourth-order valence-electron chi connectivity index (χ4n) is 3.65. The minimum Gasteiger partial charge on any atom is -0.354 e. The monoisotopic (exact) mass is 278 g/mol. The predicted octanol–water partition coefficient (Wildman–Crippen LogP) is 3.11. The summed E-state index contributed by atoms with van der Waals surface area (Å²) in [5.41, 5.74) is 0. The molecule has 3 nitrogen and oxygen atoms in total. The summed E-state index contributed by atoms with van der Waals surface area (Å²) in [5.74, 6) is 0.318. The quantitative estimate of drug-likeness (QED) is 0.805. The van der Waals surface area contributed by atoms with E-state index in [9.17, 15) is 4.79 Å². The van der Waals surface area contributed by atoms with E-state index in [-0.39, 0.29) is 17.9 Å². The molecule has 0 spiro atoms. The molecule has 20 heavy (non-hydrogen) atoms. The highest BCUT2D eigenvalue weighted by molar-refractivity contribution is 5.79. The maximum Gasteiger partial charge on any atom is 0.225 e. The smallest absolute Gasteiger partial charge is 0.225 e. The van der Waals surface area contributed by atoms with E-state index >= 15 is 0 Å². The van der Waals surface area contributed by atoms with Gasteiger partial charge in [-0.25, -0.2) is 0 Å². The van der Waals surface area contributed by atoms with Crippen LogP contribution < -0.4 is 5.32 Å². The lowest BCUT2D eigenvalue weighted by Gasteiger charge is -2.39. The normalized spacial score (nSPS) is 29.4. The van der Waals surface area contributed by atoms with Gasteiger partial charge < -0.3 is 5.32 Å². The number of nitrogens with one attached hydrogen (secondary N) is 1. The lowest BCUT2D eigenvalue weighted by atomic mass is 9.90. The molecule has 1 N–H and O–H groups in total. The Morgan fingerprint density at radius 2 is 1.90 bits per heavy atom. The van der Waals surface area contributed by atoms with Crippen LogP contribution in [0.5, 0.6) is 0 Å². The van der Waals surface area contributed by atoms with Crippen LogP contribution in [0.2, 0.25) is 0 Å². The zero-order chi connectivity index (χ0) is 14.5. The van der Waals surface area contributed by atoms with Gasteiger partial charge in [0.25, 0.3) is 0 Å². The Morgan fingerprint density at radius 1 is 1.20 bits per heavy atom. The Kier molecular flexibility index (Phi) is 5.64. The van der Waals surface area contributed by atoms with Crippen molar-refractivity contribution in [3.05, 3.63) is 12.2 Å². The fraction of sp³-hybridized carbons (Fsp3) is 0.824. The molecule has 1 aliphatic heterocycles. The lowest BCUT2D eigenvalue weighted by molar-refractivity contribution is -0.127. The number of hydrogen-bond acceptors (Lipinski definition) is 2. The van der Waals surface area contributed by atoms with Crippen molar-refractivity contribution in [2.24, 2.45) is 5.92 Å². The molecule has 0 saturated heterocycles. The minimum absolute atomic E-state index is 0.0954. The van der Waals surface area contributed by atoms with Crippen LogP contribution in [0.25, 0.3) is 0 Å². The molecule has 1 saturated carbocycles. The van der Waals surface area contributed by atoms with Crippen LogP contribution >= 0.6 is 0 Å². The van der Waals surface area contributed by atoms with Crippen LogP contribution in [0.4, 0.5) is 0 Å². The van der Waals surface area contributed by atoms with Crippen molar-refractivity contribution in [2.75, 3.05) is 6.54 Å². The van der Waals surface area contributed by atoms with Crippen LogP contribution in [0.3, 0.4) is 0 Å². The number of nitrogens with zero attached hydrogens (tertiary/aromatic N) is 1. The molecule has 1 aliphatic carbocycles. The van der Waals surface area contributed by atoms with Gasteiger partial charge in [-0.2, -0.15) is 0 Å². The molecule has 0 aromatic carbocycles. The molecule has 1 fully saturated rings. The van der Waals surface area contributed by atoms with E-state index in [1.165, 1.54) is 32.1 Å². The van der Waals surface area contributed by atoms with Gasteiger partial charge in [0.1, 0.15) is 0 Å². The second-order valence-corrected chi connectivity index (χ2v) is 6.71. The zero-order valence-corrected chi connectivity index (χ0v) is 13.3. The van der Waals surface area contributed by atoms with E-state index in [1.54, 1.807) is 0 Å². The average molecular weight is 278 g/mol. The van der Waals surface area contributed by atoms with Gasteiger partial charge in [-0.05, 0) is 40.0 Å². The summed E-state index contributed by atoms with van der Waals surface area (Å²) in [5, 5.41) is 3.09. The molecule has 1 heterocycles. The van der Waals surface area contributed by atoms with E-state index in [0.29, 0.717) is 12.1 Å². The summed E-state index contributed by atoms with van der Waals surface area (Å²) in [6.45, 7) is 7.32. The van der Waals surface area contributed by atoms with Gasteiger partial charge in [-0.1, -0.05) is 31.4 Å². The third kappa shape index (κ3) is 3.85. The minimum atomic E-state index is 0.0954. The molecular weight excluding hydrogens is 248 g/mol. The number of allylic oxidation sites excluding steroid dienone is 1. The molecule has 2 rings (SSSR count). The largest absolute Gasteiger partial charge is 0.354 e. The summed E-state index contributed by atoms with van der Waals surface area (Å²) >= 11 is 0. The molecule has 0 radical (unpaired) electrons. The Hall–Kier alpha value is -0.830. The fourth-order valence-corrected chi connectivity index (χ4v) is 3.65. The highest BCUT2D eigenvalue weighted by Crippen LogP contribution is 2.29. The average Bonchev–Trinajstić information content (AvgIpc) is 2.61. The maximum atomic E-state index is 12.4. The van der Waals surface area contributed by atoms with E-state index in [1.807, 2.05) is 13.8 Å². The van der Waals surface area contributed by atoms with Gasteiger partial charge in [0.05, 0.1) is 5.92 Å². The van der Waals surface area contributed by atoms with Crippen molar-refractivity contribution in [1.82, 2.24) is 10.2 Å². The molecule has 1 amide bonds. The third-order valence-corrected chi connectivity index (χ3v) is 4.79. The van der Waals surface area contributed by atoms with Crippen molar-refractivity contribution in [3.8, 4) is 0 Å². The standard InChI is InChI=1S/C17H30N2O/c1-13(2)18-17(20)16-11-7-8-12-19(14(16)3)15-9-5-4-6-10-15/h7-8,13-16H,4-6,9-12H2,1-3H3,(H,18,20)/t14-,16+/m1/s1. The van der Waals surface area contributed by atoms with Gasteiger partial charge in [-0.15, -0.1) is 0 Å². The van der Waals surface area contributed by atoms with E-state index < -0.39 is 0 Å². The van der Waals surface area contributed by atoms with Crippen molar-refractivity contribution in [1.29, 1.82) is 0 Å². The molecule has 0 aromatic heterocycles. The number of rotatable bonds is 3. The predicted molar refractivity (Wildman–Crippen MR) is 83.6 cm³/mol. The third-order valence-electron chi connectivity index (χ3n) is 4.79. The summed E-state index contributed by atoms with van der Waals surface area (Å²) < 4.78 is 0. The summed E-state index contributed by atoms with van der Waals surface area (Å²) in [6, 6.07) is 1.24. The van der Waals surface area contributed by atoms with Gasteiger partial charge in [0, 0.05) is 24.7 Å². The zero-order valence-electron chi connectivity index (χ0n) is 13.3. The Morgan fingerprint density at radius 3 is 2.55 bits per heavy atom. The van der Waals surface area contributed by atoms with Crippen LogP contribution in [0.15, 0.2) is 12.2 Å². The van der Waals surface area contributed by atoms with Crippen LogP contribution in [-0.4, -0.2) is 35.5 Å². The second-order valence-electron chi connectivity index (χ2n) is 6.71. The molecule has 0 bridgehead atoms. The Labute approximate surface area is 123 Å². The van der Waals surface area contributed by atoms with Gasteiger partial charge in [-0.3, -0.25) is 9.69 Å². The second kappa shape index (κ2) is 7.26. The SMILES string of the molecule is CC(C)NC(=O)[C@H]1CC=CCN(C2CCCCC2)[C@@H]1C. The van der Waals surface area contributed by atoms with Crippen LogP contribution in [0, 0.1) is 5.92 Å². The number of amides is 1. The first-order valence-corrected chi connectivity index (χ1v) is 8.30.